The summed E-state index contributed by atoms with van der Waals surface area (Å²) in [5, 5.41) is 5.19. The van der Waals surface area contributed by atoms with E-state index < -0.39 is 24.5 Å². The molecule has 1 heterocycles. The number of carbonyl (C=O) groups excluding carboxylic acids is 4. The molecule has 0 unspecified atom stereocenters. The molecule has 1 saturated heterocycles. The molecule has 1 aliphatic heterocycles. The summed E-state index contributed by atoms with van der Waals surface area (Å²) in [5.74, 6) is -1.01. The molecule has 0 aliphatic carbocycles. The summed E-state index contributed by atoms with van der Waals surface area (Å²) in [7, 11) is 2.61. The van der Waals surface area contributed by atoms with Gasteiger partial charge in [0.05, 0.1) is 17.8 Å². The van der Waals surface area contributed by atoms with Crippen LogP contribution in [0.4, 0.5) is 10.5 Å². The first-order valence-corrected chi connectivity index (χ1v) is 11.1. The number of aryl methyl sites for hydroxylation is 1. The second-order valence-electron chi connectivity index (χ2n) is 7.19. The van der Waals surface area contributed by atoms with Gasteiger partial charge in [0.1, 0.15) is 12.2 Å². The van der Waals surface area contributed by atoms with Crippen LogP contribution in [0.5, 0.6) is 11.5 Å². The molecule has 0 saturated carbocycles. The summed E-state index contributed by atoms with van der Waals surface area (Å²) < 4.78 is 16.2. The Bertz CT molecular complexity index is 1160. The molecule has 2 N–H and O–H groups in total. The number of urea groups is 1. The smallest absolute Gasteiger partial charge is 0.329 e. The molecule has 0 radical (unpaired) electrons. The van der Waals surface area contributed by atoms with Crippen molar-refractivity contribution in [1.29, 1.82) is 0 Å². The summed E-state index contributed by atoms with van der Waals surface area (Å²) in [5.41, 5.74) is 2.28. The SMILES string of the molecule is COC(=O)CN1C(=O)N/C(=C/c2cc(I)c(OCC(=O)Nc3ccc(C)cc3)c(OC)c2)C1=O. The van der Waals surface area contributed by atoms with E-state index in [1.54, 1.807) is 24.3 Å². The lowest BCUT2D eigenvalue weighted by Gasteiger charge is -2.14. The van der Waals surface area contributed by atoms with E-state index in [0.717, 1.165) is 10.5 Å². The van der Waals surface area contributed by atoms with Crippen molar-refractivity contribution in [3.63, 3.8) is 0 Å². The average Bonchev–Trinajstić information content (AvgIpc) is 3.06. The lowest BCUT2D eigenvalue weighted by Crippen LogP contribution is -2.36. The van der Waals surface area contributed by atoms with Gasteiger partial charge >= 0.3 is 12.0 Å². The molecule has 0 aromatic heterocycles. The molecule has 2 aromatic carbocycles. The zero-order valence-electron chi connectivity index (χ0n) is 18.6. The van der Waals surface area contributed by atoms with E-state index in [9.17, 15) is 19.2 Å². The number of hydrogen-bond donors (Lipinski definition) is 2. The first kappa shape index (κ1) is 25.0. The average molecular weight is 579 g/mol. The van der Waals surface area contributed by atoms with Crippen molar-refractivity contribution in [3.05, 3.63) is 56.8 Å². The molecule has 1 fully saturated rings. The first-order chi connectivity index (χ1) is 16.2. The Morgan fingerprint density at radius 1 is 1.15 bits per heavy atom. The fourth-order valence-corrected chi connectivity index (χ4v) is 3.79. The fourth-order valence-electron chi connectivity index (χ4n) is 3.01. The number of anilines is 1. The second kappa shape index (κ2) is 11.0. The summed E-state index contributed by atoms with van der Waals surface area (Å²) >= 11 is 2.02. The van der Waals surface area contributed by atoms with Crippen LogP contribution in [0.15, 0.2) is 42.1 Å². The normalized spacial score (nSPS) is 14.1. The lowest BCUT2D eigenvalue weighted by molar-refractivity contribution is -0.143. The number of methoxy groups -OCH3 is 2. The van der Waals surface area contributed by atoms with Crippen LogP contribution < -0.4 is 20.1 Å². The third-order valence-electron chi connectivity index (χ3n) is 4.72. The van der Waals surface area contributed by atoms with E-state index in [1.807, 2.05) is 41.6 Å². The van der Waals surface area contributed by atoms with Gasteiger partial charge in [-0.3, -0.25) is 14.4 Å². The number of benzene rings is 2. The van der Waals surface area contributed by atoms with Crippen molar-refractivity contribution in [2.45, 2.75) is 6.92 Å². The van der Waals surface area contributed by atoms with Crippen molar-refractivity contribution >= 4 is 58.2 Å². The molecule has 1 aliphatic rings. The van der Waals surface area contributed by atoms with Gasteiger partial charge < -0.3 is 24.8 Å². The van der Waals surface area contributed by atoms with Crippen LogP contribution in [0.3, 0.4) is 0 Å². The van der Waals surface area contributed by atoms with Gasteiger partial charge in [-0.15, -0.1) is 0 Å². The maximum Gasteiger partial charge on any atom is 0.329 e. The molecule has 4 amide bonds. The molecule has 0 bridgehead atoms. The van der Waals surface area contributed by atoms with Crippen molar-refractivity contribution in [2.24, 2.45) is 0 Å². The number of hydrogen-bond acceptors (Lipinski definition) is 7. The monoisotopic (exact) mass is 579 g/mol. The quantitative estimate of drug-likeness (QED) is 0.214. The van der Waals surface area contributed by atoms with Gasteiger partial charge in [-0.2, -0.15) is 0 Å². The van der Waals surface area contributed by atoms with E-state index >= 15 is 0 Å². The van der Waals surface area contributed by atoms with E-state index in [0.29, 0.717) is 26.3 Å². The van der Waals surface area contributed by atoms with Gasteiger partial charge in [-0.1, -0.05) is 17.7 Å². The molecule has 10 nitrogen and oxygen atoms in total. The standard InChI is InChI=1S/C23H22IN3O7/c1-13-4-6-15(7-5-13)25-19(28)12-34-21-16(24)8-14(10-18(21)32-2)9-17-22(30)27(23(31)26-17)11-20(29)33-3/h4-10H,11-12H2,1-3H3,(H,25,28)(H,26,31)/b17-9+. The number of carbonyl (C=O) groups is 4. The zero-order chi connectivity index (χ0) is 24.8. The molecule has 0 atom stereocenters. The summed E-state index contributed by atoms with van der Waals surface area (Å²) in [4.78, 5) is 49.0. The minimum Gasteiger partial charge on any atom is -0.493 e. The van der Waals surface area contributed by atoms with Gasteiger partial charge in [0, 0.05) is 5.69 Å². The van der Waals surface area contributed by atoms with Gasteiger partial charge in [0.2, 0.25) is 0 Å². The Labute approximate surface area is 209 Å². The van der Waals surface area contributed by atoms with Gasteiger partial charge in [0.25, 0.3) is 11.8 Å². The van der Waals surface area contributed by atoms with Crippen LogP contribution in [-0.2, 0) is 19.1 Å². The summed E-state index contributed by atoms with van der Waals surface area (Å²) in [6, 6.07) is 9.97. The van der Waals surface area contributed by atoms with Crippen molar-refractivity contribution in [1.82, 2.24) is 10.2 Å². The third kappa shape index (κ3) is 6.04. The highest BCUT2D eigenvalue weighted by molar-refractivity contribution is 14.1. The van der Waals surface area contributed by atoms with E-state index in [1.165, 1.54) is 20.3 Å². The molecule has 2 aromatic rings. The number of nitrogens with zero attached hydrogens (tertiary/aromatic N) is 1. The highest BCUT2D eigenvalue weighted by atomic mass is 127. The van der Waals surface area contributed by atoms with Crippen LogP contribution in [0, 0.1) is 10.5 Å². The molecular formula is C23H22IN3O7. The topological polar surface area (TPSA) is 123 Å². The van der Waals surface area contributed by atoms with Crippen LogP contribution >= 0.6 is 22.6 Å². The van der Waals surface area contributed by atoms with Gasteiger partial charge in [0.15, 0.2) is 18.1 Å². The van der Waals surface area contributed by atoms with Crippen LogP contribution in [0.1, 0.15) is 11.1 Å². The van der Waals surface area contributed by atoms with Crippen molar-refractivity contribution < 1.29 is 33.4 Å². The Hall–Kier alpha value is -3.61. The minimum absolute atomic E-state index is 0.00194. The van der Waals surface area contributed by atoms with Crippen LogP contribution in [0.25, 0.3) is 6.08 Å². The Balaban J connectivity index is 1.72. The van der Waals surface area contributed by atoms with Crippen LogP contribution in [-0.4, -0.2) is 56.1 Å². The Kier molecular flexibility index (Phi) is 8.10. The zero-order valence-corrected chi connectivity index (χ0v) is 20.8. The van der Waals surface area contributed by atoms with Gasteiger partial charge in [-0.05, 0) is 65.4 Å². The van der Waals surface area contributed by atoms with Crippen molar-refractivity contribution in [3.8, 4) is 11.5 Å². The molecule has 3 rings (SSSR count). The molecule has 0 spiro atoms. The molecular weight excluding hydrogens is 557 g/mol. The van der Waals surface area contributed by atoms with E-state index in [2.05, 4.69) is 15.4 Å². The number of rotatable bonds is 8. The highest BCUT2D eigenvalue weighted by Crippen LogP contribution is 2.35. The van der Waals surface area contributed by atoms with Crippen molar-refractivity contribution in [2.75, 3.05) is 32.7 Å². The number of nitrogens with one attached hydrogen (secondary N) is 2. The fraction of sp³-hybridized carbons (Fsp3) is 0.217. The Morgan fingerprint density at radius 3 is 2.50 bits per heavy atom. The number of esters is 1. The number of imide groups is 1. The van der Waals surface area contributed by atoms with E-state index in [4.69, 9.17) is 9.47 Å². The lowest BCUT2D eigenvalue weighted by atomic mass is 10.1. The highest BCUT2D eigenvalue weighted by Gasteiger charge is 2.35. The first-order valence-electron chi connectivity index (χ1n) is 10.00. The number of ether oxygens (including phenoxy) is 3. The largest absolute Gasteiger partial charge is 0.493 e. The summed E-state index contributed by atoms with van der Waals surface area (Å²) in [6.45, 7) is 1.23. The summed E-state index contributed by atoms with van der Waals surface area (Å²) in [6.07, 6.45) is 1.45. The predicted octanol–water partition coefficient (Wildman–Crippen LogP) is 2.69. The molecule has 178 valence electrons. The third-order valence-corrected chi connectivity index (χ3v) is 5.52. The molecule has 34 heavy (non-hydrogen) atoms. The van der Waals surface area contributed by atoms with Gasteiger partial charge in [-0.25, -0.2) is 9.69 Å². The predicted molar refractivity (Wildman–Crippen MR) is 131 cm³/mol. The number of halogens is 1. The maximum atomic E-state index is 12.5. The van der Waals surface area contributed by atoms with E-state index in [-0.39, 0.29) is 18.2 Å². The second-order valence-corrected chi connectivity index (χ2v) is 8.35. The maximum absolute atomic E-state index is 12.5. The number of amides is 4. The minimum atomic E-state index is -0.720. The molecule has 11 heteroatoms. The van der Waals surface area contributed by atoms with Crippen LogP contribution in [0.2, 0.25) is 0 Å². The Morgan fingerprint density at radius 2 is 1.85 bits per heavy atom.